The Morgan fingerprint density at radius 1 is 0.932 bits per heavy atom. The van der Waals surface area contributed by atoms with Crippen LogP contribution in [0, 0.1) is 0 Å². The first-order valence-electron chi connectivity index (χ1n) is 15.8. The van der Waals surface area contributed by atoms with Crippen LogP contribution >= 0.6 is 67.8 Å². The molecule has 8 bridgehead atoms. The van der Waals surface area contributed by atoms with Gasteiger partial charge < -0.3 is 14.7 Å². The van der Waals surface area contributed by atoms with Crippen molar-refractivity contribution < 1.29 is 4.74 Å². The molecule has 0 saturated carbocycles. The first-order chi connectivity index (χ1) is 21.4. The molecule has 6 rings (SSSR count). The Balaban J connectivity index is 1.47. The number of hydrogen-bond acceptors (Lipinski definition) is 3. The molecule has 0 amide bonds. The fraction of sp³-hybridized carbons (Fsp3) is 0.389. The monoisotopic (exact) mass is 924 g/mol. The van der Waals surface area contributed by atoms with Gasteiger partial charge in [0, 0.05) is 33.2 Å². The average molecular weight is 924 g/mol. The van der Waals surface area contributed by atoms with E-state index in [2.05, 4.69) is 170 Å². The zero-order valence-electron chi connectivity index (χ0n) is 25.2. The number of para-hydroxylation sites is 1. The topological polar surface area (TPSA) is 65.5 Å². The van der Waals surface area contributed by atoms with Crippen molar-refractivity contribution in [3.05, 3.63) is 100 Å². The summed E-state index contributed by atoms with van der Waals surface area (Å²) < 4.78 is 6.79. The number of hydrogen-bond donors (Lipinski definition) is 2. The Bertz CT molecular complexity index is 1730. The number of H-pyrrole nitrogens is 2. The van der Waals surface area contributed by atoms with Gasteiger partial charge in [-0.25, -0.2) is 0 Å². The molecule has 0 aliphatic carbocycles. The van der Waals surface area contributed by atoms with Crippen molar-refractivity contribution >= 4 is 90.8 Å². The average Bonchev–Trinajstić information content (AvgIpc) is 3.84. The first-order valence-corrected chi connectivity index (χ1v) is 19.3. The van der Waals surface area contributed by atoms with Crippen LogP contribution in [0.5, 0.6) is 5.75 Å². The third-order valence-corrected chi connectivity index (χ3v) is 13.9. The molecule has 5 heterocycles. The van der Waals surface area contributed by atoms with Crippen LogP contribution in [0.2, 0.25) is 0 Å². The van der Waals surface area contributed by atoms with Gasteiger partial charge in [0.1, 0.15) is 9.30 Å². The van der Waals surface area contributed by atoms with Gasteiger partial charge in [-0.05, 0) is 96.5 Å². The molecule has 0 saturated heterocycles. The molecule has 3 aromatic rings. The van der Waals surface area contributed by atoms with Crippen LogP contribution in [0.15, 0.2) is 82.8 Å². The summed E-state index contributed by atoms with van der Waals surface area (Å²) in [7, 11) is 0. The molecule has 1 aromatic carbocycles. The molecule has 0 spiro atoms. The number of aromatic nitrogens is 2. The SMILES string of the molecule is CCCCCCC(CCC)Oc1ccccc1C1=c2ccc([nH]2)=CC2=NC(C=C2)C(I)C2=NC(I)(C=C2)C(I)c2ccc1[nH]2. The number of aromatic amines is 2. The van der Waals surface area contributed by atoms with E-state index in [0.29, 0.717) is 0 Å². The number of allylic oxidation sites excluding steroid dienone is 2. The second-order valence-corrected chi connectivity index (χ2v) is 16.1. The van der Waals surface area contributed by atoms with Gasteiger partial charge in [0.05, 0.1) is 31.4 Å². The highest BCUT2D eigenvalue weighted by atomic mass is 127. The highest BCUT2D eigenvalue weighted by Crippen LogP contribution is 2.47. The maximum absolute atomic E-state index is 6.87. The van der Waals surface area contributed by atoms with Crippen molar-refractivity contribution in [3.63, 3.8) is 0 Å². The zero-order valence-corrected chi connectivity index (χ0v) is 31.7. The third-order valence-electron chi connectivity index (χ3n) is 8.46. The highest BCUT2D eigenvalue weighted by molar-refractivity contribution is 14.1. The van der Waals surface area contributed by atoms with E-state index in [1.807, 2.05) is 0 Å². The molecule has 0 radical (unpaired) electrons. The number of benzene rings is 1. The van der Waals surface area contributed by atoms with Crippen LogP contribution in [0.1, 0.15) is 79.7 Å². The summed E-state index contributed by atoms with van der Waals surface area (Å²) in [5.41, 5.74) is 6.47. The van der Waals surface area contributed by atoms with Crippen molar-refractivity contribution in [1.82, 2.24) is 9.97 Å². The molecule has 5 nitrogen and oxygen atoms in total. The number of unbranched alkanes of at least 4 members (excludes halogenated alkanes) is 3. The van der Waals surface area contributed by atoms with Crippen LogP contribution in [-0.2, 0) is 0 Å². The molecule has 8 heteroatoms. The Hall–Kier alpha value is -1.67. The number of fused-ring (bicyclic) bond motifs is 6. The molecule has 230 valence electrons. The van der Waals surface area contributed by atoms with Crippen LogP contribution < -0.4 is 15.4 Å². The van der Waals surface area contributed by atoms with Crippen molar-refractivity contribution in [2.75, 3.05) is 0 Å². The second kappa shape index (κ2) is 14.4. The Labute approximate surface area is 301 Å². The largest absolute Gasteiger partial charge is 0.490 e. The van der Waals surface area contributed by atoms with E-state index in [9.17, 15) is 0 Å². The zero-order chi connectivity index (χ0) is 30.7. The van der Waals surface area contributed by atoms with Crippen LogP contribution in [0.25, 0.3) is 11.6 Å². The molecule has 5 atom stereocenters. The molecule has 2 N–H and O–H groups in total. The van der Waals surface area contributed by atoms with Gasteiger partial charge in [0.25, 0.3) is 0 Å². The van der Waals surface area contributed by atoms with E-state index in [1.54, 1.807) is 0 Å². The minimum Gasteiger partial charge on any atom is -0.490 e. The number of nitrogens with zero attached hydrogens (tertiary/aromatic N) is 2. The number of aliphatic imine (C=N–C) groups is 2. The lowest BCUT2D eigenvalue weighted by molar-refractivity contribution is 0.175. The van der Waals surface area contributed by atoms with E-state index < -0.39 is 0 Å². The summed E-state index contributed by atoms with van der Waals surface area (Å²) in [6.45, 7) is 4.52. The first kappa shape index (κ1) is 32.3. The fourth-order valence-electron chi connectivity index (χ4n) is 6.15. The lowest BCUT2D eigenvalue weighted by atomic mass is 10.0. The van der Waals surface area contributed by atoms with Gasteiger partial charge in [-0.2, -0.15) is 0 Å². The Morgan fingerprint density at radius 2 is 1.80 bits per heavy atom. The number of alkyl halides is 3. The molecule has 3 aliphatic rings. The van der Waals surface area contributed by atoms with Crippen molar-refractivity contribution in [2.24, 2.45) is 9.98 Å². The normalized spacial score (nSPS) is 24.7. The van der Waals surface area contributed by atoms with Crippen molar-refractivity contribution in [1.29, 1.82) is 0 Å². The van der Waals surface area contributed by atoms with Crippen LogP contribution in [0.3, 0.4) is 0 Å². The van der Waals surface area contributed by atoms with Gasteiger partial charge in [0.2, 0.25) is 0 Å². The number of ether oxygens (including phenoxy) is 1. The van der Waals surface area contributed by atoms with E-state index >= 15 is 0 Å². The molecular weight excluding hydrogens is 885 g/mol. The van der Waals surface area contributed by atoms with Gasteiger partial charge in [0.15, 0.2) is 0 Å². The molecule has 5 unspecified atom stereocenters. The van der Waals surface area contributed by atoms with E-state index in [-0.39, 0.29) is 23.5 Å². The maximum Gasteiger partial charge on any atom is 0.147 e. The smallest absolute Gasteiger partial charge is 0.147 e. The summed E-state index contributed by atoms with van der Waals surface area (Å²) in [5, 5.41) is 2.07. The lowest BCUT2D eigenvalue weighted by Crippen LogP contribution is -2.25. The highest BCUT2D eigenvalue weighted by Gasteiger charge is 2.39. The standard InChI is InChI=1S/C36H39I3N4O/c1-3-5-6-7-11-25(10-4-2)44-32-13-9-8-12-26(32)33-27-16-14-23(40-27)22-24-15-17-29(41-24)34(37)30-20-21-36(39,43-30)35(38)31-19-18-28(33)42-31/h8-9,12-22,25,29,34-35,40,42H,3-7,10-11H2,1-2H3. The van der Waals surface area contributed by atoms with E-state index in [0.717, 1.165) is 69.7 Å². The second-order valence-electron chi connectivity index (χ2n) is 11.8. The molecular formula is C36H39I3N4O. The van der Waals surface area contributed by atoms with E-state index in [1.165, 1.54) is 25.7 Å². The molecule has 44 heavy (non-hydrogen) atoms. The summed E-state index contributed by atoms with van der Waals surface area (Å²) in [6.07, 6.45) is 19.4. The predicted molar refractivity (Wildman–Crippen MR) is 210 cm³/mol. The van der Waals surface area contributed by atoms with Gasteiger partial charge >= 0.3 is 0 Å². The van der Waals surface area contributed by atoms with Gasteiger partial charge in [-0.15, -0.1) is 0 Å². The van der Waals surface area contributed by atoms with Gasteiger partial charge in [-0.1, -0.05) is 109 Å². The van der Waals surface area contributed by atoms with E-state index in [4.69, 9.17) is 14.7 Å². The summed E-state index contributed by atoms with van der Waals surface area (Å²) in [5.74, 6) is 0.936. The third kappa shape index (κ3) is 7.01. The number of halogens is 3. The number of nitrogens with one attached hydrogen (secondary N) is 2. The minimum atomic E-state index is -0.372. The predicted octanol–water partition coefficient (Wildman–Crippen LogP) is 8.70. The molecule has 0 fully saturated rings. The maximum atomic E-state index is 6.87. The van der Waals surface area contributed by atoms with Crippen LogP contribution in [-0.4, -0.2) is 41.0 Å². The minimum absolute atomic E-state index is 0.0697. The van der Waals surface area contributed by atoms with Gasteiger partial charge in [-0.3, -0.25) is 9.98 Å². The number of rotatable bonds is 10. The summed E-state index contributed by atoms with van der Waals surface area (Å²) >= 11 is 7.56. The summed E-state index contributed by atoms with van der Waals surface area (Å²) in [4.78, 5) is 17.8. The summed E-state index contributed by atoms with van der Waals surface area (Å²) in [6, 6.07) is 17.4. The van der Waals surface area contributed by atoms with Crippen LogP contribution in [0.4, 0.5) is 0 Å². The van der Waals surface area contributed by atoms with Crippen molar-refractivity contribution in [2.45, 2.75) is 82.3 Å². The Morgan fingerprint density at radius 3 is 2.64 bits per heavy atom. The molecule has 2 aromatic heterocycles. The Kier molecular flexibility index (Phi) is 10.6. The quantitative estimate of drug-likeness (QED) is 0.0910. The fourth-order valence-corrected chi connectivity index (χ4v) is 8.40. The van der Waals surface area contributed by atoms with Crippen molar-refractivity contribution in [3.8, 4) is 5.75 Å². The lowest BCUT2D eigenvalue weighted by Gasteiger charge is -2.24. The molecule has 3 aliphatic heterocycles.